The van der Waals surface area contributed by atoms with Gasteiger partial charge in [0.1, 0.15) is 5.82 Å². The number of aryl methyl sites for hydroxylation is 1. The Hall–Kier alpha value is -2.85. The zero-order valence-electron chi connectivity index (χ0n) is 22.0. The van der Waals surface area contributed by atoms with E-state index in [1.165, 1.54) is 22.9 Å². The van der Waals surface area contributed by atoms with E-state index in [1.54, 1.807) is 6.20 Å². The molecule has 0 saturated carbocycles. The average Bonchev–Trinajstić information content (AvgIpc) is 3.42. The number of halogens is 1. The molecule has 4 aromatic rings. The fourth-order valence-electron chi connectivity index (χ4n) is 6.04. The lowest BCUT2D eigenvalue weighted by Crippen LogP contribution is -2.45. The topological polar surface area (TPSA) is 102 Å². The number of rotatable bonds is 5. The van der Waals surface area contributed by atoms with E-state index in [0.29, 0.717) is 10.8 Å². The summed E-state index contributed by atoms with van der Waals surface area (Å²) in [6.07, 6.45) is 6.76. The van der Waals surface area contributed by atoms with E-state index in [0.717, 1.165) is 71.7 Å². The molecule has 1 aromatic carbocycles. The van der Waals surface area contributed by atoms with Crippen LogP contribution in [0.3, 0.4) is 0 Å². The van der Waals surface area contributed by atoms with Gasteiger partial charge in [0, 0.05) is 36.8 Å². The molecule has 8 nitrogen and oxygen atoms in total. The minimum atomic E-state index is 0.0874. The van der Waals surface area contributed by atoms with Crippen LogP contribution in [0.5, 0.6) is 0 Å². The van der Waals surface area contributed by atoms with Crippen LogP contribution in [-0.4, -0.2) is 51.4 Å². The molecule has 1 fully saturated rings. The molecule has 4 N–H and O–H groups in total. The van der Waals surface area contributed by atoms with Crippen molar-refractivity contribution < 1.29 is 0 Å². The van der Waals surface area contributed by atoms with Gasteiger partial charge in [-0.3, -0.25) is 4.40 Å². The molecule has 1 aliphatic heterocycles. The molecule has 3 aromatic heterocycles. The van der Waals surface area contributed by atoms with Gasteiger partial charge in [-0.2, -0.15) is 0 Å². The highest BCUT2D eigenvalue weighted by Crippen LogP contribution is 2.51. The van der Waals surface area contributed by atoms with Crippen LogP contribution in [0.4, 0.5) is 11.8 Å². The molecule has 10 heteroatoms. The SMILES string of the molecule is Cc1nc(N2CCC3(CC2)Cc2ccccc2[C@H]3N)n2c(CN(C)C)cnc2c1Sc1ccnc(N)c1Cl. The largest absolute Gasteiger partial charge is 0.382 e. The summed E-state index contributed by atoms with van der Waals surface area (Å²) in [4.78, 5) is 20.5. The summed E-state index contributed by atoms with van der Waals surface area (Å²) in [6.45, 7) is 4.60. The van der Waals surface area contributed by atoms with E-state index in [4.69, 9.17) is 33.0 Å². The Bertz CT molecular complexity index is 1510. The van der Waals surface area contributed by atoms with Gasteiger partial charge >= 0.3 is 0 Å². The zero-order valence-corrected chi connectivity index (χ0v) is 23.6. The molecule has 6 rings (SSSR count). The fraction of sp³-hybridized carbons (Fsp3) is 0.393. The van der Waals surface area contributed by atoms with E-state index in [1.807, 2.05) is 19.2 Å². The lowest BCUT2D eigenvalue weighted by Gasteiger charge is -2.42. The van der Waals surface area contributed by atoms with Crippen molar-refractivity contribution in [3.05, 3.63) is 70.3 Å². The summed E-state index contributed by atoms with van der Waals surface area (Å²) in [6, 6.07) is 10.6. The number of nitrogen functional groups attached to an aromatic ring is 1. The summed E-state index contributed by atoms with van der Waals surface area (Å²) in [7, 11) is 4.14. The second kappa shape index (κ2) is 9.72. The second-order valence-corrected chi connectivity index (χ2v) is 12.2. The van der Waals surface area contributed by atoms with Crippen molar-refractivity contribution in [2.24, 2.45) is 11.1 Å². The van der Waals surface area contributed by atoms with Gasteiger partial charge in [-0.25, -0.2) is 15.0 Å². The number of pyridine rings is 1. The van der Waals surface area contributed by atoms with Crippen LogP contribution in [0.2, 0.25) is 5.02 Å². The molecule has 0 unspecified atom stereocenters. The Morgan fingerprint density at radius 3 is 2.66 bits per heavy atom. The normalized spacial score (nSPS) is 18.6. The quantitative estimate of drug-likeness (QED) is 0.369. The van der Waals surface area contributed by atoms with Gasteiger partial charge in [0.05, 0.1) is 27.5 Å². The number of hydrogen-bond acceptors (Lipinski definition) is 8. The minimum Gasteiger partial charge on any atom is -0.382 e. The van der Waals surface area contributed by atoms with Crippen molar-refractivity contribution in [1.82, 2.24) is 24.3 Å². The maximum absolute atomic E-state index is 6.85. The lowest BCUT2D eigenvalue weighted by atomic mass is 9.73. The van der Waals surface area contributed by atoms with Crippen LogP contribution >= 0.6 is 23.4 Å². The van der Waals surface area contributed by atoms with Gasteiger partial charge in [0.25, 0.3) is 0 Å². The Morgan fingerprint density at radius 2 is 1.92 bits per heavy atom. The predicted octanol–water partition coefficient (Wildman–Crippen LogP) is 4.72. The highest BCUT2D eigenvalue weighted by atomic mass is 35.5. The highest BCUT2D eigenvalue weighted by Gasteiger charge is 2.46. The van der Waals surface area contributed by atoms with Crippen LogP contribution in [0.15, 0.2) is 52.5 Å². The van der Waals surface area contributed by atoms with Gasteiger partial charge in [-0.15, -0.1) is 0 Å². The second-order valence-electron chi connectivity index (χ2n) is 10.8. The first-order chi connectivity index (χ1) is 18.3. The molecule has 0 radical (unpaired) electrons. The fourth-order valence-corrected chi connectivity index (χ4v) is 7.24. The van der Waals surface area contributed by atoms with Gasteiger partial charge in [0.2, 0.25) is 5.95 Å². The molecule has 0 amide bonds. The van der Waals surface area contributed by atoms with E-state index < -0.39 is 0 Å². The number of benzene rings is 1. The zero-order chi connectivity index (χ0) is 26.6. The molecule has 38 heavy (non-hydrogen) atoms. The van der Waals surface area contributed by atoms with E-state index in [-0.39, 0.29) is 11.5 Å². The third-order valence-corrected chi connectivity index (χ3v) is 9.79. The standard InChI is InChI=1S/C28H33ClN8S/c1-17-23(38-21-8-11-32-25(31)22(21)29)26-33-15-19(16-35(2)3)37(26)27(34-17)36-12-9-28(10-13-36)14-18-6-4-5-7-20(18)24(28)30/h4-8,11,15,24H,9-10,12-14,16,30H2,1-3H3,(H2,31,32)/t24-/m1/s1. The maximum Gasteiger partial charge on any atom is 0.211 e. The molecule has 0 bridgehead atoms. The Balaban J connectivity index is 1.36. The van der Waals surface area contributed by atoms with E-state index in [9.17, 15) is 0 Å². The van der Waals surface area contributed by atoms with Crippen LogP contribution in [0, 0.1) is 12.3 Å². The monoisotopic (exact) mass is 548 g/mol. The smallest absolute Gasteiger partial charge is 0.211 e. The van der Waals surface area contributed by atoms with Crippen molar-refractivity contribution in [3.8, 4) is 0 Å². The first-order valence-corrected chi connectivity index (χ1v) is 14.1. The molecule has 1 saturated heterocycles. The average molecular weight is 549 g/mol. The Morgan fingerprint density at radius 1 is 1.16 bits per heavy atom. The summed E-state index contributed by atoms with van der Waals surface area (Å²) in [5.41, 5.74) is 18.6. The molecule has 198 valence electrons. The summed E-state index contributed by atoms with van der Waals surface area (Å²) < 4.78 is 2.22. The van der Waals surface area contributed by atoms with Crippen molar-refractivity contribution in [3.63, 3.8) is 0 Å². The number of aromatic nitrogens is 4. The predicted molar refractivity (Wildman–Crippen MR) is 154 cm³/mol. The number of imidazole rings is 1. The van der Waals surface area contributed by atoms with Gasteiger partial charge < -0.3 is 21.3 Å². The van der Waals surface area contributed by atoms with Crippen molar-refractivity contribution in [1.29, 1.82) is 0 Å². The van der Waals surface area contributed by atoms with Gasteiger partial charge in [-0.1, -0.05) is 47.6 Å². The lowest BCUT2D eigenvalue weighted by molar-refractivity contribution is 0.186. The molecule has 2 aliphatic rings. The van der Waals surface area contributed by atoms with Crippen molar-refractivity contribution in [2.45, 2.75) is 48.6 Å². The Kier molecular flexibility index (Phi) is 6.50. The number of nitrogens with two attached hydrogens (primary N) is 2. The number of hydrogen-bond donors (Lipinski definition) is 2. The van der Waals surface area contributed by atoms with Gasteiger partial charge in [0.15, 0.2) is 5.65 Å². The number of nitrogens with zero attached hydrogens (tertiary/aromatic N) is 6. The van der Waals surface area contributed by atoms with E-state index in [2.05, 4.69) is 57.5 Å². The Labute approximate surface area is 232 Å². The molecular weight excluding hydrogens is 516 g/mol. The van der Waals surface area contributed by atoms with Crippen LogP contribution < -0.4 is 16.4 Å². The number of fused-ring (bicyclic) bond motifs is 2. The summed E-state index contributed by atoms with van der Waals surface area (Å²) >= 11 is 8.03. The maximum atomic E-state index is 6.85. The summed E-state index contributed by atoms with van der Waals surface area (Å²) in [5.74, 6) is 1.26. The highest BCUT2D eigenvalue weighted by molar-refractivity contribution is 7.99. The van der Waals surface area contributed by atoms with Crippen LogP contribution in [0.1, 0.15) is 41.4 Å². The number of piperidine rings is 1. The van der Waals surface area contributed by atoms with E-state index >= 15 is 0 Å². The van der Waals surface area contributed by atoms with Crippen LogP contribution in [0.25, 0.3) is 5.65 Å². The third-order valence-electron chi connectivity index (χ3n) is 8.04. The first-order valence-electron chi connectivity index (χ1n) is 13.0. The minimum absolute atomic E-state index is 0.0874. The van der Waals surface area contributed by atoms with Crippen molar-refractivity contribution >= 4 is 40.8 Å². The molecule has 4 heterocycles. The molecule has 1 aliphatic carbocycles. The summed E-state index contributed by atoms with van der Waals surface area (Å²) in [5, 5.41) is 0.453. The van der Waals surface area contributed by atoms with Crippen LogP contribution in [-0.2, 0) is 13.0 Å². The van der Waals surface area contributed by atoms with Gasteiger partial charge in [-0.05, 0) is 62.9 Å². The molecule has 1 atom stereocenters. The number of anilines is 2. The molecule has 1 spiro atoms. The molecular formula is C28H33ClN8S. The third kappa shape index (κ3) is 4.22. The van der Waals surface area contributed by atoms with Crippen molar-refractivity contribution in [2.75, 3.05) is 37.8 Å². The first kappa shape index (κ1) is 25.4.